The van der Waals surface area contributed by atoms with Gasteiger partial charge in [0.2, 0.25) is 0 Å². The van der Waals surface area contributed by atoms with Gasteiger partial charge in [-0.05, 0) is 180 Å². The summed E-state index contributed by atoms with van der Waals surface area (Å²) in [6.45, 7) is 35.2. The first-order valence-corrected chi connectivity index (χ1v) is 30.8. The second kappa shape index (κ2) is 21.8. The molecule has 8 nitrogen and oxygen atoms in total. The molecule has 0 amide bonds. The molecule has 0 aliphatic rings. The van der Waals surface area contributed by atoms with E-state index >= 15 is 0 Å². The van der Waals surface area contributed by atoms with E-state index in [4.69, 9.17) is 21.5 Å². The Hall–Kier alpha value is -10.7. The molecule has 0 saturated carbocycles. The van der Waals surface area contributed by atoms with Crippen molar-refractivity contribution in [1.82, 2.24) is 24.1 Å². The molecule has 10 aromatic carbocycles. The highest BCUT2D eigenvalue weighted by molar-refractivity contribution is 6.12. The summed E-state index contributed by atoms with van der Waals surface area (Å²) in [5.41, 5.74) is 20.0. The van der Waals surface area contributed by atoms with Gasteiger partial charge in [-0.2, -0.15) is 10.5 Å². The molecule has 0 bridgehead atoms. The summed E-state index contributed by atoms with van der Waals surface area (Å²) in [4.78, 5) is 20.9. The Balaban J connectivity index is 1.15. The maximum Gasteiger partial charge on any atom is 0.187 e. The molecule has 3 aromatic heterocycles. The van der Waals surface area contributed by atoms with E-state index in [1.807, 2.05) is 66.7 Å². The van der Waals surface area contributed by atoms with Crippen LogP contribution in [0.4, 0.5) is 5.69 Å². The molecule has 0 N–H and O–H groups in total. The number of hydrogen-bond donors (Lipinski definition) is 0. The Labute approximate surface area is 527 Å². The maximum atomic E-state index is 10.2. The predicted molar refractivity (Wildman–Crippen MR) is 372 cm³/mol. The molecule has 0 fully saturated rings. The first-order chi connectivity index (χ1) is 42.9. The largest absolute Gasteiger partial charge is 0.309 e. The van der Waals surface area contributed by atoms with Crippen molar-refractivity contribution in [3.8, 4) is 91.1 Å². The minimum atomic E-state index is -0.104. The van der Waals surface area contributed by atoms with Gasteiger partial charge in [-0.1, -0.05) is 186 Å². The number of nitriles is 2. The van der Waals surface area contributed by atoms with E-state index in [1.54, 1.807) is 0 Å². The molecule has 13 rings (SSSR count). The molecular formula is C82H70N8. The summed E-state index contributed by atoms with van der Waals surface area (Å²) in [5, 5.41) is 24.5. The van der Waals surface area contributed by atoms with E-state index in [0.717, 1.165) is 105 Å². The zero-order valence-electron chi connectivity index (χ0n) is 53.2. The van der Waals surface area contributed by atoms with E-state index in [2.05, 4.69) is 249 Å². The highest BCUT2D eigenvalue weighted by Gasteiger charge is 2.28. The zero-order valence-corrected chi connectivity index (χ0v) is 53.2. The topological polar surface area (TPSA) is 100 Å². The SMILES string of the molecule is [C-]#[N+]c1cccc(-c2ccc(-n3c4ccc(C(C)(C)C)cc4c4cc(C(C)(C)C)ccc43)c(-c3nc(-c4ccc(-c5ccc(C#N)cc5)cc4)nc(-c4cc(-c5cccc(C#N)c5)ccc4-n4c5ccc(C(C)(C)C)cc5c5cc(C(C)(C)C)ccc54)n3)c2)c1. The van der Waals surface area contributed by atoms with Crippen LogP contribution in [0, 0.1) is 29.2 Å². The monoisotopic (exact) mass is 1170 g/mol. The normalized spacial score (nSPS) is 12.2. The van der Waals surface area contributed by atoms with Gasteiger partial charge in [0.25, 0.3) is 0 Å². The van der Waals surface area contributed by atoms with Crippen molar-refractivity contribution in [2.75, 3.05) is 0 Å². The van der Waals surface area contributed by atoms with Crippen LogP contribution in [0.3, 0.4) is 0 Å². The van der Waals surface area contributed by atoms with Crippen LogP contribution in [0.1, 0.15) is 116 Å². The summed E-state index contributed by atoms with van der Waals surface area (Å²) in [7, 11) is 0. The van der Waals surface area contributed by atoms with Crippen molar-refractivity contribution < 1.29 is 0 Å². The summed E-state index contributed by atoms with van der Waals surface area (Å²) in [6, 6.07) is 76.6. The van der Waals surface area contributed by atoms with Crippen LogP contribution in [0.2, 0.25) is 0 Å². The zero-order chi connectivity index (χ0) is 63.2. The van der Waals surface area contributed by atoms with Crippen LogP contribution >= 0.6 is 0 Å². The maximum absolute atomic E-state index is 10.2. The predicted octanol–water partition coefficient (Wildman–Crippen LogP) is 21.6. The van der Waals surface area contributed by atoms with Crippen LogP contribution in [0.25, 0.3) is 127 Å². The Morgan fingerprint density at radius 2 is 0.678 bits per heavy atom. The van der Waals surface area contributed by atoms with E-state index in [0.29, 0.717) is 34.3 Å². The average Bonchev–Trinajstić information content (AvgIpc) is 1.56. The van der Waals surface area contributed by atoms with E-state index in [-0.39, 0.29) is 21.7 Å². The molecule has 0 aliphatic carbocycles. The van der Waals surface area contributed by atoms with Gasteiger partial charge in [-0.25, -0.2) is 19.8 Å². The first kappa shape index (κ1) is 58.3. The fraction of sp³-hybridized carbons (Fsp3) is 0.195. The Morgan fingerprint density at radius 1 is 0.333 bits per heavy atom. The van der Waals surface area contributed by atoms with Crippen molar-refractivity contribution in [2.24, 2.45) is 0 Å². The molecule has 90 heavy (non-hydrogen) atoms. The fourth-order valence-corrected chi connectivity index (χ4v) is 12.4. The molecule has 0 spiro atoms. The lowest BCUT2D eigenvalue weighted by Gasteiger charge is -2.20. The summed E-state index contributed by atoms with van der Waals surface area (Å²) >= 11 is 0. The van der Waals surface area contributed by atoms with Crippen molar-refractivity contribution >= 4 is 49.3 Å². The van der Waals surface area contributed by atoms with Crippen LogP contribution in [0.15, 0.2) is 206 Å². The van der Waals surface area contributed by atoms with E-state index in [1.165, 1.54) is 22.3 Å². The van der Waals surface area contributed by atoms with Crippen LogP contribution < -0.4 is 0 Å². The van der Waals surface area contributed by atoms with Crippen molar-refractivity contribution in [2.45, 2.75) is 105 Å². The summed E-state index contributed by atoms with van der Waals surface area (Å²) in [6.07, 6.45) is 0. The van der Waals surface area contributed by atoms with Gasteiger partial charge in [0.15, 0.2) is 23.2 Å². The van der Waals surface area contributed by atoms with Crippen LogP contribution in [-0.2, 0) is 21.7 Å². The Bertz CT molecular complexity index is 4760. The van der Waals surface area contributed by atoms with Gasteiger partial charge in [0, 0.05) is 38.2 Å². The number of benzene rings is 10. The number of fused-ring (bicyclic) bond motifs is 6. The third-order valence-electron chi connectivity index (χ3n) is 17.7. The molecule has 13 aromatic rings. The molecule has 0 saturated heterocycles. The standard InChI is InChI=1S/C82H70N8/c1-79(2,3)59-30-36-70-64(44-59)65-45-60(80(4,5)6)31-37-71(65)89(70)74-34-28-57(55-17-14-16-51(40-55)49-84)42-68(74)77-86-76(54-26-24-53(25-27-54)52-22-20-50(48-83)21-23-52)87-78(88-77)69-43-58(56-18-15-19-63(41-56)85-13)29-35-75(69)90-72-38-32-61(81(7,8)9)46-66(72)67-47-62(82(10,11)12)33-39-73(67)90/h14-47H,1-12H3. The molecular weight excluding hydrogens is 1100 g/mol. The van der Waals surface area contributed by atoms with E-state index < -0.39 is 0 Å². The fourth-order valence-electron chi connectivity index (χ4n) is 12.4. The van der Waals surface area contributed by atoms with Crippen LogP contribution in [0.5, 0.6) is 0 Å². The molecule has 0 aliphatic heterocycles. The minimum Gasteiger partial charge on any atom is -0.309 e. The lowest BCUT2D eigenvalue weighted by molar-refractivity contribution is 0.590. The van der Waals surface area contributed by atoms with Crippen LogP contribution in [-0.4, -0.2) is 24.1 Å². The molecule has 438 valence electrons. The summed E-state index contributed by atoms with van der Waals surface area (Å²) < 4.78 is 4.74. The smallest absolute Gasteiger partial charge is 0.187 e. The quantitative estimate of drug-likeness (QED) is 0.141. The minimum absolute atomic E-state index is 0.104. The number of aromatic nitrogens is 5. The molecule has 0 unspecified atom stereocenters. The third-order valence-corrected chi connectivity index (χ3v) is 17.7. The highest BCUT2D eigenvalue weighted by Crippen LogP contribution is 2.45. The lowest BCUT2D eigenvalue weighted by atomic mass is 9.85. The molecule has 3 heterocycles. The van der Waals surface area contributed by atoms with Crippen molar-refractivity contribution in [3.05, 3.63) is 251 Å². The third kappa shape index (κ3) is 10.7. The van der Waals surface area contributed by atoms with Gasteiger partial charge in [-0.3, -0.25) is 0 Å². The summed E-state index contributed by atoms with van der Waals surface area (Å²) in [5.74, 6) is 1.37. The van der Waals surface area contributed by atoms with E-state index in [9.17, 15) is 10.5 Å². The number of nitrogens with zero attached hydrogens (tertiary/aromatic N) is 8. The highest BCUT2D eigenvalue weighted by atomic mass is 15.1. The van der Waals surface area contributed by atoms with Gasteiger partial charge in [0.1, 0.15) is 0 Å². The van der Waals surface area contributed by atoms with Gasteiger partial charge in [-0.15, -0.1) is 0 Å². The van der Waals surface area contributed by atoms with Crippen molar-refractivity contribution in [3.63, 3.8) is 0 Å². The Kier molecular flexibility index (Phi) is 14.2. The molecule has 0 radical (unpaired) electrons. The lowest BCUT2D eigenvalue weighted by Crippen LogP contribution is -2.10. The number of rotatable bonds is 8. The second-order valence-electron chi connectivity index (χ2n) is 28.0. The second-order valence-corrected chi connectivity index (χ2v) is 28.0. The Morgan fingerprint density at radius 3 is 1.07 bits per heavy atom. The van der Waals surface area contributed by atoms with Gasteiger partial charge < -0.3 is 9.13 Å². The molecule has 0 atom stereocenters. The molecule has 8 heteroatoms. The van der Waals surface area contributed by atoms with Gasteiger partial charge in [0.05, 0.1) is 63.3 Å². The number of hydrogen-bond acceptors (Lipinski definition) is 5. The first-order valence-electron chi connectivity index (χ1n) is 30.8. The van der Waals surface area contributed by atoms with Crippen molar-refractivity contribution in [1.29, 1.82) is 10.5 Å². The van der Waals surface area contributed by atoms with Gasteiger partial charge >= 0.3 is 0 Å². The average molecular weight is 1170 g/mol.